The third-order valence-electron chi connectivity index (χ3n) is 2.89. The van der Waals surface area contributed by atoms with Gasteiger partial charge in [0, 0.05) is 17.1 Å². The summed E-state index contributed by atoms with van der Waals surface area (Å²) in [4.78, 5) is 5.74. The zero-order valence-corrected chi connectivity index (χ0v) is 11.7. The molecule has 1 aromatic heterocycles. The van der Waals surface area contributed by atoms with Crippen molar-refractivity contribution in [3.05, 3.63) is 16.1 Å². The summed E-state index contributed by atoms with van der Waals surface area (Å²) < 4.78 is 0. The minimum atomic E-state index is 0.389. The Hall–Kier alpha value is -0.410. The first-order valence-electron chi connectivity index (χ1n) is 6.35. The lowest BCUT2D eigenvalue weighted by Gasteiger charge is -2.20. The fourth-order valence-corrected chi connectivity index (χ4v) is 2.64. The summed E-state index contributed by atoms with van der Waals surface area (Å²) in [7, 11) is 0. The molecule has 0 aliphatic heterocycles. The van der Waals surface area contributed by atoms with Crippen molar-refractivity contribution in [1.82, 2.24) is 10.3 Å². The second-order valence-electron chi connectivity index (χ2n) is 4.44. The first-order chi connectivity index (χ1) is 7.67. The lowest BCUT2D eigenvalue weighted by Crippen LogP contribution is -2.30. The third kappa shape index (κ3) is 4.22. The summed E-state index contributed by atoms with van der Waals surface area (Å²) in [5, 5.41) is 4.89. The largest absolute Gasteiger partial charge is 0.305 e. The van der Waals surface area contributed by atoms with Gasteiger partial charge in [0.15, 0.2) is 0 Å². The van der Waals surface area contributed by atoms with E-state index in [4.69, 9.17) is 0 Å². The molecule has 0 aliphatic rings. The quantitative estimate of drug-likeness (QED) is 0.777. The standard InChI is InChI=1S/C13H24N2S/c1-5-7-8-12(6-2)15-11(4)13-14-9-10(3)16-13/h9,11-12,15H,5-8H2,1-4H3. The Kier molecular flexibility index (Phi) is 5.99. The molecule has 0 aromatic carbocycles. The van der Waals surface area contributed by atoms with Gasteiger partial charge in [0.05, 0.1) is 6.04 Å². The molecular weight excluding hydrogens is 216 g/mol. The van der Waals surface area contributed by atoms with E-state index in [0.29, 0.717) is 12.1 Å². The van der Waals surface area contributed by atoms with Gasteiger partial charge in [-0.25, -0.2) is 4.98 Å². The van der Waals surface area contributed by atoms with E-state index in [-0.39, 0.29) is 0 Å². The molecular formula is C13H24N2S. The van der Waals surface area contributed by atoms with E-state index >= 15 is 0 Å². The summed E-state index contributed by atoms with van der Waals surface area (Å²) in [5.41, 5.74) is 0. The number of hydrogen-bond donors (Lipinski definition) is 1. The van der Waals surface area contributed by atoms with E-state index in [1.807, 2.05) is 6.20 Å². The first kappa shape index (κ1) is 13.7. The van der Waals surface area contributed by atoms with Gasteiger partial charge in [0.25, 0.3) is 0 Å². The Morgan fingerprint density at radius 1 is 1.44 bits per heavy atom. The van der Waals surface area contributed by atoms with Gasteiger partial charge < -0.3 is 5.32 Å². The number of aryl methyl sites for hydroxylation is 1. The Morgan fingerprint density at radius 3 is 2.69 bits per heavy atom. The predicted molar refractivity (Wildman–Crippen MR) is 72.0 cm³/mol. The highest BCUT2D eigenvalue weighted by atomic mass is 32.1. The van der Waals surface area contributed by atoms with E-state index in [1.165, 1.54) is 35.6 Å². The minimum absolute atomic E-state index is 0.389. The molecule has 0 aliphatic carbocycles. The highest BCUT2D eigenvalue weighted by Gasteiger charge is 2.13. The molecule has 2 unspecified atom stereocenters. The number of hydrogen-bond acceptors (Lipinski definition) is 3. The van der Waals surface area contributed by atoms with Gasteiger partial charge in [0.1, 0.15) is 5.01 Å². The fraction of sp³-hybridized carbons (Fsp3) is 0.769. The molecule has 0 spiro atoms. The molecule has 0 amide bonds. The van der Waals surface area contributed by atoms with Crippen LogP contribution in [0.3, 0.4) is 0 Å². The van der Waals surface area contributed by atoms with E-state index in [9.17, 15) is 0 Å². The van der Waals surface area contributed by atoms with Crippen molar-refractivity contribution in [2.24, 2.45) is 0 Å². The fourth-order valence-electron chi connectivity index (χ4n) is 1.85. The van der Waals surface area contributed by atoms with Gasteiger partial charge >= 0.3 is 0 Å². The molecule has 92 valence electrons. The Bertz CT molecular complexity index is 296. The van der Waals surface area contributed by atoms with Crippen LogP contribution in [0.25, 0.3) is 0 Å². The maximum Gasteiger partial charge on any atom is 0.109 e. The van der Waals surface area contributed by atoms with Gasteiger partial charge in [-0.3, -0.25) is 0 Å². The average Bonchev–Trinajstić information content (AvgIpc) is 2.70. The topological polar surface area (TPSA) is 24.9 Å². The molecule has 16 heavy (non-hydrogen) atoms. The molecule has 0 fully saturated rings. The molecule has 0 bridgehead atoms. The van der Waals surface area contributed by atoms with Crippen LogP contribution in [0.15, 0.2) is 6.20 Å². The molecule has 2 nitrogen and oxygen atoms in total. The molecule has 1 N–H and O–H groups in total. The van der Waals surface area contributed by atoms with Crippen molar-refractivity contribution in [1.29, 1.82) is 0 Å². The number of nitrogens with zero attached hydrogens (tertiary/aromatic N) is 1. The van der Waals surface area contributed by atoms with Gasteiger partial charge in [-0.2, -0.15) is 0 Å². The van der Waals surface area contributed by atoms with Gasteiger partial charge in [0.2, 0.25) is 0 Å². The molecule has 1 rings (SSSR count). The van der Waals surface area contributed by atoms with E-state index in [0.717, 1.165) is 0 Å². The van der Waals surface area contributed by atoms with Gasteiger partial charge in [-0.15, -0.1) is 11.3 Å². The van der Waals surface area contributed by atoms with Crippen LogP contribution in [-0.2, 0) is 0 Å². The van der Waals surface area contributed by atoms with Crippen LogP contribution < -0.4 is 5.32 Å². The van der Waals surface area contributed by atoms with Crippen molar-refractivity contribution in [2.75, 3.05) is 0 Å². The highest BCUT2D eigenvalue weighted by molar-refractivity contribution is 7.11. The predicted octanol–water partition coefficient (Wildman–Crippen LogP) is 4.07. The molecule has 1 aromatic rings. The lowest BCUT2D eigenvalue weighted by molar-refractivity contribution is 0.409. The lowest BCUT2D eigenvalue weighted by atomic mass is 10.1. The van der Waals surface area contributed by atoms with Crippen molar-refractivity contribution < 1.29 is 0 Å². The smallest absolute Gasteiger partial charge is 0.109 e. The Morgan fingerprint density at radius 2 is 2.19 bits per heavy atom. The summed E-state index contributed by atoms with van der Waals surface area (Å²) in [5.74, 6) is 0. The van der Waals surface area contributed by atoms with Crippen LogP contribution in [0.4, 0.5) is 0 Å². The maximum atomic E-state index is 4.44. The van der Waals surface area contributed by atoms with Crippen LogP contribution in [0.2, 0.25) is 0 Å². The summed E-state index contributed by atoms with van der Waals surface area (Å²) in [6.07, 6.45) is 7.04. The van der Waals surface area contributed by atoms with E-state index in [2.05, 4.69) is 38.0 Å². The molecule has 0 saturated carbocycles. The Labute approximate surface area is 103 Å². The monoisotopic (exact) mass is 240 g/mol. The molecule has 0 radical (unpaired) electrons. The zero-order chi connectivity index (χ0) is 12.0. The number of unbranched alkanes of at least 4 members (excludes halogenated alkanes) is 1. The van der Waals surface area contributed by atoms with Gasteiger partial charge in [-0.05, 0) is 26.7 Å². The first-order valence-corrected chi connectivity index (χ1v) is 7.17. The Balaban J connectivity index is 2.45. The van der Waals surface area contributed by atoms with Crippen molar-refractivity contribution >= 4 is 11.3 Å². The van der Waals surface area contributed by atoms with Crippen LogP contribution in [0.1, 0.15) is 62.4 Å². The molecule has 0 saturated heterocycles. The van der Waals surface area contributed by atoms with Crippen molar-refractivity contribution in [2.45, 2.75) is 65.5 Å². The van der Waals surface area contributed by atoms with Crippen molar-refractivity contribution in [3.63, 3.8) is 0 Å². The molecule has 1 heterocycles. The van der Waals surface area contributed by atoms with Gasteiger partial charge in [-0.1, -0.05) is 26.7 Å². The highest BCUT2D eigenvalue weighted by Crippen LogP contribution is 2.20. The van der Waals surface area contributed by atoms with E-state index in [1.54, 1.807) is 11.3 Å². The summed E-state index contributed by atoms with van der Waals surface area (Å²) >= 11 is 1.80. The minimum Gasteiger partial charge on any atom is -0.305 e. The summed E-state index contributed by atoms with van der Waals surface area (Å²) in [6.45, 7) is 8.84. The SMILES string of the molecule is CCCCC(CC)NC(C)c1ncc(C)s1. The van der Waals surface area contributed by atoms with Crippen LogP contribution in [0, 0.1) is 6.92 Å². The van der Waals surface area contributed by atoms with E-state index < -0.39 is 0 Å². The average molecular weight is 240 g/mol. The zero-order valence-electron chi connectivity index (χ0n) is 10.9. The van der Waals surface area contributed by atoms with Crippen molar-refractivity contribution in [3.8, 4) is 0 Å². The number of nitrogens with one attached hydrogen (secondary N) is 1. The summed E-state index contributed by atoms with van der Waals surface area (Å²) in [6, 6.07) is 1.03. The second-order valence-corrected chi connectivity index (χ2v) is 5.71. The van der Waals surface area contributed by atoms with Crippen LogP contribution in [0.5, 0.6) is 0 Å². The van der Waals surface area contributed by atoms with Crippen LogP contribution >= 0.6 is 11.3 Å². The second kappa shape index (κ2) is 7.02. The third-order valence-corrected chi connectivity index (χ3v) is 3.99. The van der Waals surface area contributed by atoms with Crippen LogP contribution in [-0.4, -0.2) is 11.0 Å². The number of thiazole rings is 1. The maximum absolute atomic E-state index is 4.44. The number of rotatable bonds is 7. The molecule has 3 heteroatoms. The number of aromatic nitrogens is 1. The molecule has 2 atom stereocenters. The normalized spacial score (nSPS) is 15.0.